The lowest BCUT2D eigenvalue weighted by molar-refractivity contribution is -0.352. The second-order valence-electron chi connectivity index (χ2n) is 3.09. The molecule has 0 rings (SSSR count). The fourth-order valence-corrected chi connectivity index (χ4v) is 0.551. The minimum Gasteiger partial charge on any atom is -0.269 e. The highest BCUT2D eigenvalue weighted by atomic mass is 19.4. The molecule has 0 amide bonds. The number of rotatable bonds is 3. The fraction of sp³-hybridized carbons (Fsp3) is 0.833. The molecular formula is C6HF14N. The maximum Gasteiger partial charge on any atom is 0.462 e. The smallest absolute Gasteiger partial charge is 0.269 e. The van der Waals surface area contributed by atoms with Gasteiger partial charge in [-0.15, -0.1) is 0 Å². The number of nitrogens with zero attached hydrogens (tertiary/aromatic N) is 1. The molecule has 0 aliphatic rings. The van der Waals surface area contributed by atoms with Gasteiger partial charge >= 0.3 is 30.2 Å². The molecule has 1 nitrogen and oxygen atoms in total. The first-order valence-electron chi connectivity index (χ1n) is 3.90. The van der Waals surface area contributed by atoms with Crippen LogP contribution >= 0.6 is 0 Å². The topological polar surface area (TPSA) is 12.4 Å². The summed E-state index contributed by atoms with van der Waals surface area (Å²) in [6.07, 6.45) is -13.9. The van der Waals surface area contributed by atoms with Gasteiger partial charge in [0.25, 0.3) is 5.97 Å². The normalized spacial score (nSPS) is 15.8. The second kappa shape index (κ2) is 5.47. The van der Waals surface area contributed by atoms with E-state index in [2.05, 4.69) is 0 Å². The van der Waals surface area contributed by atoms with E-state index in [0.29, 0.717) is 0 Å². The van der Waals surface area contributed by atoms with E-state index in [0.717, 1.165) is 0 Å². The summed E-state index contributed by atoms with van der Waals surface area (Å²) < 4.78 is 154. The molecule has 0 aliphatic heterocycles. The first kappa shape index (κ1) is 22.0. The standard InChI is InChI=1S/C6F13N.FH/c7-1(2(8,9)4(12,13)14)20-6(18,19)3(10,11)5(15,16)17;/h;1H. The molecule has 0 radical (unpaired) electrons. The number of alkyl halides is 12. The van der Waals surface area contributed by atoms with Crippen molar-refractivity contribution in [3.05, 3.63) is 0 Å². The Labute approximate surface area is 104 Å². The highest BCUT2D eigenvalue weighted by Crippen LogP contribution is 2.48. The summed E-state index contributed by atoms with van der Waals surface area (Å²) in [6.45, 7) is 0. The van der Waals surface area contributed by atoms with Crippen LogP contribution in [0.25, 0.3) is 0 Å². The molecule has 0 aromatic carbocycles. The van der Waals surface area contributed by atoms with E-state index >= 15 is 0 Å². The average Bonchev–Trinajstić information content (AvgIpc) is 2.12. The van der Waals surface area contributed by atoms with Gasteiger partial charge in [0.1, 0.15) is 0 Å². The van der Waals surface area contributed by atoms with E-state index in [1.807, 2.05) is 0 Å². The van der Waals surface area contributed by atoms with Crippen molar-refractivity contribution in [1.29, 1.82) is 0 Å². The van der Waals surface area contributed by atoms with Crippen LogP contribution in [0.1, 0.15) is 0 Å². The first-order valence-corrected chi connectivity index (χ1v) is 3.90. The highest BCUT2D eigenvalue weighted by Gasteiger charge is 2.75. The van der Waals surface area contributed by atoms with Crippen molar-refractivity contribution in [2.24, 2.45) is 4.99 Å². The molecular weight excluding hydrogens is 352 g/mol. The molecule has 0 fully saturated rings. The van der Waals surface area contributed by atoms with Crippen LogP contribution in [0.2, 0.25) is 0 Å². The van der Waals surface area contributed by atoms with E-state index in [-0.39, 0.29) is 9.70 Å². The monoisotopic (exact) mass is 353 g/mol. The summed E-state index contributed by atoms with van der Waals surface area (Å²) in [4.78, 5) is 0.262. The van der Waals surface area contributed by atoms with Crippen molar-refractivity contribution in [3.8, 4) is 0 Å². The average molecular weight is 353 g/mol. The molecule has 0 bridgehead atoms. The maximum absolute atomic E-state index is 12.3. The predicted octanol–water partition coefficient (Wildman–Crippen LogP) is 4.49. The Bertz CT molecular complexity index is 385. The molecule has 0 heterocycles. The third-order valence-corrected chi connectivity index (χ3v) is 1.59. The van der Waals surface area contributed by atoms with Gasteiger partial charge in [0, 0.05) is 0 Å². The number of aliphatic imine (C=N–C) groups is 1. The lowest BCUT2D eigenvalue weighted by Gasteiger charge is -2.25. The van der Waals surface area contributed by atoms with E-state index in [4.69, 9.17) is 0 Å². The molecule has 0 aliphatic carbocycles. The van der Waals surface area contributed by atoms with Crippen LogP contribution in [0, 0.1) is 0 Å². The van der Waals surface area contributed by atoms with E-state index in [9.17, 15) is 57.1 Å². The SMILES string of the molecule is F.FC(=NC(F)(F)C(F)(F)C(F)(F)F)C(F)(F)C(F)(F)F. The lowest BCUT2D eigenvalue weighted by Crippen LogP contribution is -2.52. The van der Waals surface area contributed by atoms with Crippen LogP contribution in [0.4, 0.5) is 61.8 Å². The Hall–Kier alpha value is -1.31. The molecule has 21 heavy (non-hydrogen) atoms. The molecule has 0 aromatic heterocycles. The molecule has 0 unspecified atom stereocenters. The van der Waals surface area contributed by atoms with Crippen LogP contribution in [0.5, 0.6) is 0 Å². The number of halogens is 14. The summed E-state index contributed by atoms with van der Waals surface area (Å²) in [5.74, 6) is -18.3. The van der Waals surface area contributed by atoms with Crippen LogP contribution in [0.15, 0.2) is 4.99 Å². The third-order valence-electron chi connectivity index (χ3n) is 1.59. The molecule has 0 N–H and O–H groups in total. The van der Waals surface area contributed by atoms with Crippen molar-refractivity contribution in [3.63, 3.8) is 0 Å². The summed E-state index contributed by atoms with van der Waals surface area (Å²) in [5.41, 5.74) is 0. The summed E-state index contributed by atoms with van der Waals surface area (Å²) in [7, 11) is 0. The zero-order chi connectivity index (χ0) is 16.8. The van der Waals surface area contributed by atoms with Crippen LogP contribution < -0.4 is 0 Å². The highest BCUT2D eigenvalue weighted by molar-refractivity contribution is 5.83. The fourth-order valence-electron chi connectivity index (χ4n) is 0.551. The summed E-state index contributed by atoms with van der Waals surface area (Å²) in [5, 5.41) is 0. The Kier molecular flexibility index (Phi) is 5.73. The predicted molar refractivity (Wildman–Crippen MR) is 38.0 cm³/mol. The third kappa shape index (κ3) is 3.87. The molecule has 0 atom stereocenters. The molecule has 0 saturated carbocycles. The molecule has 128 valence electrons. The van der Waals surface area contributed by atoms with Crippen LogP contribution in [-0.4, -0.2) is 36.2 Å². The van der Waals surface area contributed by atoms with Gasteiger partial charge < -0.3 is 0 Å². The van der Waals surface area contributed by atoms with Gasteiger partial charge in [0.2, 0.25) is 0 Å². The molecule has 15 heteroatoms. The van der Waals surface area contributed by atoms with Crippen LogP contribution in [0.3, 0.4) is 0 Å². The van der Waals surface area contributed by atoms with E-state index in [1.54, 1.807) is 0 Å². The quantitative estimate of drug-likeness (QED) is 0.403. The van der Waals surface area contributed by atoms with Crippen LogP contribution in [-0.2, 0) is 0 Å². The Morgan fingerprint density at radius 1 is 0.619 bits per heavy atom. The van der Waals surface area contributed by atoms with Gasteiger partial charge in [-0.2, -0.15) is 62.1 Å². The zero-order valence-corrected chi connectivity index (χ0v) is 8.77. The Balaban J connectivity index is 0. The van der Waals surface area contributed by atoms with E-state index in [1.165, 1.54) is 0 Å². The van der Waals surface area contributed by atoms with E-state index < -0.39 is 36.2 Å². The van der Waals surface area contributed by atoms with Crippen molar-refractivity contribution >= 4 is 5.97 Å². The van der Waals surface area contributed by atoms with Crippen molar-refractivity contribution in [1.82, 2.24) is 0 Å². The Morgan fingerprint density at radius 2 is 0.952 bits per heavy atom. The molecule has 0 saturated heterocycles. The van der Waals surface area contributed by atoms with Gasteiger partial charge in [-0.05, 0) is 0 Å². The molecule has 0 aromatic rings. The van der Waals surface area contributed by atoms with Gasteiger partial charge in [-0.3, -0.25) is 4.70 Å². The zero-order valence-electron chi connectivity index (χ0n) is 8.77. The molecule has 0 spiro atoms. The van der Waals surface area contributed by atoms with Gasteiger partial charge in [-0.25, -0.2) is 0 Å². The van der Waals surface area contributed by atoms with Gasteiger partial charge in [-0.1, -0.05) is 0 Å². The Morgan fingerprint density at radius 3 is 1.19 bits per heavy atom. The minimum atomic E-state index is -7.15. The lowest BCUT2D eigenvalue weighted by atomic mass is 10.2. The largest absolute Gasteiger partial charge is 0.462 e. The second-order valence-corrected chi connectivity index (χ2v) is 3.09. The van der Waals surface area contributed by atoms with Gasteiger partial charge in [0.15, 0.2) is 0 Å². The number of hydrogen-bond acceptors (Lipinski definition) is 1. The minimum absolute atomic E-state index is 0. The summed E-state index contributed by atoms with van der Waals surface area (Å²) in [6, 6.07) is -6.90. The van der Waals surface area contributed by atoms with Crippen molar-refractivity contribution in [2.75, 3.05) is 0 Å². The maximum atomic E-state index is 12.3. The van der Waals surface area contributed by atoms with Gasteiger partial charge in [0.05, 0.1) is 0 Å². The summed E-state index contributed by atoms with van der Waals surface area (Å²) >= 11 is 0. The number of hydrogen-bond donors (Lipinski definition) is 0. The first-order chi connectivity index (χ1) is 8.38. The van der Waals surface area contributed by atoms with Crippen molar-refractivity contribution in [2.45, 2.75) is 30.2 Å². The van der Waals surface area contributed by atoms with Crippen molar-refractivity contribution < 1.29 is 61.8 Å².